The summed E-state index contributed by atoms with van der Waals surface area (Å²) in [4.78, 5) is 14.7. The maximum Gasteiger partial charge on any atom is 0.326 e. The van der Waals surface area contributed by atoms with Gasteiger partial charge in [-0.2, -0.15) is 0 Å². The minimum atomic E-state index is -0.0203. The van der Waals surface area contributed by atoms with Crippen molar-refractivity contribution in [3.8, 4) is 0 Å². The first-order chi connectivity index (χ1) is 7.84. The van der Waals surface area contributed by atoms with Crippen LogP contribution in [0.15, 0.2) is 29.1 Å². The van der Waals surface area contributed by atoms with Gasteiger partial charge < -0.3 is 9.72 Å². The molecule has 0 spiro atoms. The maximum atomic E-state index is 11.8. The predicted octanol–water partition coefficient (Wildman–Crippen LogP) is 1.37. The second-order valence-corrected chi connectivity index (χ2v) is 4.29. The van der Waals surface area contributed by atoms with Crippen LogP contribution in [0.2, 0.25) is 0 Å². The van der Waals surface area contributed by atoms with E-state index in [-0.39, 0.29) is 5.69 Å². The van der Waals surface area contributed by atoms with Gasteiger partial charge in [-0.15, -0.1) is 0 Å². The van der Waals surface area contributed by atoms with Crippen LogP contribution in [-0.2, 0) is 11.3 Å². The van der Waals surface area contributed by atoms with Crippen molar-refractivity contribution in [2.75, 3.05) is 13.2 Å². The highest BCUT2D eigenvalue weighted by Gasteiger charge is 2.18. The highest BCUT2D eigenvalue weighted by molar-refractivity contribution is 5.74. The smallest absolute Gasteiger partial charge is 0.326 e. The Morgan fingerprint density at radius 2 is 2.31 bits per heavy atom. The first-order valence-electron chi connectivity index (χ1n) is 5.60. The summed E-state index contributed by atoms with van der Waals surface area (Å²) in [7, 11) is 0. The molecule has 1 unspecified atom stereocenters. The van der Waals surface area contributed by atoms with Crippen molar-refractivity contribution in [2.45, 2.75) is 13.0 Å². The van der Waals surface area contributed by atoms with Crippen molar-refractivity contribution >= 4 is 11.0 Å². The van der Waals surface area contributed by atoms with Gasteiger partial charge in [0.25, 0.3) is 0 Å². The molecule has 2 heterocycles. The summed E-state index contributed by atoms with van der Waals surface area (Å²) < 4.78 is 7.15. The molecule has 1 aliphatic heterocycles. The minimum Gasteiger partial charge on any atom is -0.381 e. The summed E-state index contributed by atoms with van der Waals surface area (Å²) in [6.07, 6.45) is 1.05. The van der Waals surface area contributed by atoms with E-state index in [0.717, 1.165) is 37.2 Å². The van der Waals surface area contributed by atoms with E-state index in [1.807, 2.05) is 28.8 Å². The Balaban J connectivity index is 2.01. The fourth-order valence-corrected chi connectivity index (χ4v) is 2.27. The van der Waals surface area contributed by atoms with E-state index >= 15 is 0 Å². The standard InChI is InChI=1S/C12H14N2O2/c15-12-13-10-3-1-2-4-11(10)14(12)7-9-5-6-16-8-9/h1-4,9H,5-8H2,(H,13,15). The fraction of sp³-hybridized carbons (Fsp3) is 0.417. The third-order valence-corrected chi connectivity index (χ3v) is 3.15. The molecule has 3 rings (SSSR count). The van der Waals surface area contributed by atoms with Crippen molar-refractivity contribution < 1.29 is 4.74 Å². The predicted molar refractivity (Wildman–Crippen MR) is 61.5 cm³/mol. The maximum absolute atomic E-state index is 11.8. The Hall–Kier alpha value is -1.55. The van der Waals surface area contributed by atoms with E-state index in [4.69, 9.17) is 4.74 Å². The molecule has 0 bridgehead atoms. The number of hydrogen-bond donors (Lipinski definition) is 1. The lowest BCUT2D eigenvalue weighted by Gasteiger charge is -2.08. The highest BCUT2D eigenvalue weighted by Crippen LogP contribution is 2.17. The third-order valence-electron chi connectivity index (χ3n) is 3.15. The number of H-pyrrole nitrogens is 1. The van der Waals surface area contributed by atoms with Crippen LogP contribution in [0.3, 0.4) is 0 Å². The number of rotatable bonds is 2. The minimum absolute atomic E-state index is 0.0203. The molecule has 1 N–H and O–H groups in total. The second kappa shape index (κ2) is 3.79. The number of benzene rings is 1. The van der Waals surface area contributed by atoms with Gasteiger partial charge in [-0.25, -0.2) is 4.79 Å². The van der Waals surface area contributed by atoms with E-state index in [9.17, 15) is 4.79 Å². The van der Waals surface area contributed by atoms with Gasteiger partial charge >= 0.3 is 5.69 Å². The fourth-order valence-electron chi connectivity index (χ4n) is 2.27. The van der Waals surface area contributed by atoms with Crippen molar-refractivity contribution in [3.05, 3.63) is 34.7 Å². The zero-order chi connectivity index (χ0) is 11.0. The summed E-state index contributed by atoms with van der Waals surface area (Å²) in [5.41, 5.74) is 1.87. The van der Waals surface area contributed by atoms with Crippen molar-refractivity contribution in [2.24, 2.45) is 5.92 Å². The molecule has 1 atom stereocenters. The van der Waals surface area contributed by atoms with Gasteiger partial charge in [0.15, 0.2) is 0 Å². The van der Waals surface area contributed by atoms with Gasteiger partial charge in [-0.3, -0.25) is 4.57 Å². The van der Waals surface area contributed by atoms with Crippen LogP contribution < -0.4 is 5.69 Å². The molecule has 1 fully saturated rings. The number of aromatic amines is 1. The van der Waals surface area contributed by atoms with Crippen LogP contribution in [0.1, 0.15) is 6.42 Å². The van der Waals surface area contributed by atoms with Gasteiger partial charge in [0.05, 0.1) is 17.6 Å². The Kier molecular flexibility index (Phi) is 2.29. The van der Waals surface area contributed by atoms with E-state index in [2.05, 4.69) is 4.98 Å². The highest BCUT2D eigenvalue weighted by atomic mass is 16.5. The molecular formula is C12H14N2O2. The largest absolute Gasteiger partial charge is 0.381 e. The Bertz CT molecular complexity index is 549. The normalized spacial score (nSPS) is 20.6. The number of nitrogens with one attached hydrogen (secondary N) is 1. The average molecular weight is 218 g/mol. The lowest BCUT2D eigenvalue weighted by atomic mass is 10.1. The van der Waals surface area contributed by atoms with E-state index in [1.54, 1.807) is 0 Å². The second-order valence-electron chi connectivity index (χ2n) is 4.29. The SMILES string of the molecule is O=c1[nH]c2ccccc2n1CC1CCOC1. The van der Waals surface area contributed by atoms with Gasteiger partial charge in [0.2, 0.25) is 0 Å². The molecule has 16 heavy (non-hydrogen) atoms. The lowest BCUT2D eigenvalue weighted by molar-refractivity contribution is 0.182. The number of para-hydroxylation sites is 2. The van der Waals surface area contributed by atoms with Gasteiger partial charge in [-0.05, 0) is 18.6 Å². The van der Waals surface area contributed by atoms with Crippen molar-refractivity contribution in [1.82, 2.24) is 9.55 Å². The average Bonchev–Trinajstić information content (AvgIpc) is 2.89. The summed E-state index contributed by atoms with van der Waals surface area (Å²) in [6, 6.07) is 7.79. The van der Waals surface area contributed by atoms with Crippen LogP contribution in [0, 0.1) is 5.92 Å². The van der Waals surface area contributed by atoms with Crippen LogP contribution in [0.4, 0.5) is 0 Å². The molecule has 0 radical (unpaired) electrons. The number of nitrogens with zero attached hydrogens (tertiary/aromatic N) is 1. The molecule has 4 nitrogen and oxygen atoms in total. The number of imidazole rings is 1. The third kappa shape index (κ3) is 1.55. The number of aromatic nitrogens is 2. The zero-order valence-electron chi connectivity index (χ0n) is 8.98. The molecule has 84 valence electrons. The van der Waals surface area contributed by atoms with E-state index in [0.29, 0.717) is 5.92 Å². The first-order valence-corrected chi connectivity index (χ1v) is 5.60. The topological polar surface area (TPSA) is 47.0 Å². The molecular weight excluding hydrogens is 204 g/mol. The van der Waals surface area contributed by atoms with Gasteiger partial charge in [0, 0.05) is 19.1 Å². The zero-order valence-corrected chi connectivity index (χ0v) is 8.98. The van der Waals surface area contributed by atoms with E-state index < -0.39 is 0 Å². The Morgan fingerprint density at radius 1 is 1.44 bits per heavy atom. The van der Waals surface area contributed by atoms with E-state index in [1.165, 1.54) is 0 Å². The molecule has 2 aromatic rings. The van der Waals surface area contributed by atoms with Crippen LogP contribution in [0.5, 0.6) is 0 Å². The number of hydrogen-bond acceptors (Lipinski definition) is 2. The van der Waals surface area contributed by atoms with Crippen LogP contribution in [-0.4, -0.2) is 22.8 Å². The quantitative estimate of drug-likeness (QED) is 0.827. The van der Waals surface area contributed by atoms with Gasteiger partial charge in [0.1, 0.15) is 0 Å². The monoisotopic (exact) mass is 218 g/mol. The summed E-state index contributed by atoms with van der Waals surface area (Å²) in [5, 5.41) is 0. The molecule has 1 saturated heterocycles. The van der Waals surface area contributed by atoms with Crippen molar-refractivity contribution in [3.63, 3.8) is 0 Å². The molecule has 1 aromatic heterocycles. The molecule has 1 aliphatic rings. The summed E-state index contributed by atoms with van der Waals surface area (Å²) in [6.45, 7) is 2.34. The van der Waals surface area contributed by atoms with Crippen molar-refractivity contribution in [1.29, 1.82) is 0 Å². The Morgan fingerprint density at radius 3 is 3.12 bits per heavy atom. The molecule has 1 aromatic carbocycles. The van der Waals surface area contributed by atoms with Crippen LogP contribution in [0.25, 0.3) is 11.0 Å². The first kappa shape index (κ1) is 9.66. The summed E-state index contributed by atoms with van der Waals surface area (Å²) in [5.74, 6) is 0.469. The lowest BCUT2D eigenvalue weighted by Crippen LogP contribution is -2.21. The molecule has 0 saturated carbocycles. The molecule has 4 heteroatoms. The Labute approximate surface area is 92.8 Å². The molecule has 0 aliphatic carbocycles. The van der Waals surface area contributed by atoms with Gasteiger partial charge in [-0.1, -0.05) is 12.1 Å². The van der Waals surface area contributed by atoms with Crippen LogP contribution >= 0.6 is 0 Å². The summed E-state index contributed by atoms with van der Waals surface area (Å²) >= 11 is 0. The number of ether oxygens (including phenoxy) is 1. The molecule has 0 amide bonds. The number of fused-ring (bicyclic) bond motifs is 1.